The number of para-hydroxylation sites is 1. The first-order valence-corrected chi connectivity index (χ1v) is 7.31. The zero-order valence-corrected chi connectivity index (χ0v) is 13.2. The quantitative estimate of drug-likeness (QED) is 0.737. The zero-order valence-electron chi connectivity index (χ0n) is 13.2. The molecule has 0 bridgehead atoms. The summed E-state index contributed by atoms with van der Waals surface area (Å²) in [5.74, 6) is 0.427. The van der Waals surface area contributed by atoms with Crippen LogP contribution in [0.2, 0.25) is 0 Å². The molecule has 0 atom stereocenters. The molecule has 116 valence electrons. The predicted molar refractivity (Wildman–Crippen MR) is 90.9 cm³/mol. The standard InChI is InChI=1S/C18H17N3O2/c1-11-9-12(2)19-17-16(11)18(23)20-15(10-13(3)22)21(17)14-7-5-4-6-8-14/h4-10,22H,1-3H3/b13-10+. The topological polar surface area (TPSA) is 68.0 Å². The molecule has 0 saturated carbocycles. The van der Waals surface area contributed by atoms with Gasteiger partial charge in [-0.3, -0.25) is 9.36 Å². The van der Waals surface area contributed by atoms with Crippen LogP contribution in [0.5, 0.6) is 0 Å². The Kier molecular flexibility index (Phi) is 3.70. The number of fused-ring (bicyclic) bond motifs is 1. The molecule has 3 rings (SSSR count). The molecule has 0 amide bonds. The molecule has 1 N–H and O–H groups in total. The van der Waals surface area contributed by atoms with Gasteiger partial charge < -0.3 is 5.11 Å². The minimum atomic E-state index is -0.343. The van der Waals surface area contributed by atoms with Gasteiger partial charge in [0.25, 0.3) is 5.56 Å². The van der Waals surface area contributed by atoms with Gasteiger partial charge in [0.05, 0.1) is 11.1 Å². The van der Waals surface area contributed by atoms with Crippen molar-refractivity contribution in [3.63, 3.8) is 0 Å². The highest BCUT2D eigenvalue weighted by atomic mass is 16.3. The van der Waals surface area contributed by atoms with Gasteiger partial charge in [-0.05, 0) is 44.5 Å². The summed E-state index contributed by atoms with van der Waals surface area (Å²) in [7, 11) is 0. The van der Waals surface area contributed by atoms with Crippen LogP contribution in [0, 0.1) is 13.8 Å². The molecule has 0 aliphatic heterocycles. The van der Waals surface area contributed by atoms with Crippen LogP contribution < -0.4 is 5.56 Å². The number of nitrogens with zero attached hydrogens (tertiary/aromatic N) is 3. The van der Waals surface area contributed by atoms with E-state index in [4.69, 9.17) is 0 Å². The first-order chi connectivity index (χ1) is 11.0. The van der Waals surface area contributed by atoms with Crippen molar-refractivity contribution in [2.45, 2.75) is 20.8 Å². The second-order valence-corrected chi connectivity index (χ2v) is 5.51. The summed E-state index contributed by atoms with van der Waals surface area (Å²) >= 11 is 0. The van der Waals surface area contributed by atoms with E-state index in [1.54, 1.807) is 11.5 Å². The van der Waals surface area contributed by atoms with Crippen molar-refractivity contribution in [2.24, 2.45) is 0 Å². The molecule has 0 radical (unpaired) electrons. The second-order valence-electron chi connectivity index (χ2n) is 5.51. The molecular formula is C18H17N3O2. The summed E-state index contributed by atoms with van der Waals surface area (Å²) in [5.41, 5.74) is 2.69. The third-order valence-corrected chi connectivity index (χ3v) is 3.55. The number of hydrogen-bond acceptors (Lipinski definition) is 4. The Bertz CT molecular complexity index is 969. The number of benzene rings is 1. The molecule has 5 nitrogen and oxygen atoms in total. The normalized spacial score (nSPS) is 11.9. The van der Waals surface area contributed by atoms with E-state index >= 15 is 0 Å². The molecule has 3 aromatic rings. The molecule has 0 saturated heterocycles. The van der Waals surface area contributed by atoms with Crippen LogP contribution in [-0.4, -0.2) is 19.6 Å². The van der Waals surface area contributed by atoms with Crippen molar-refractivity contribution >= 4 is 17.1 Å². The maximum atomic E-state index is 12.4. The van der Waals surface area contributed by atoms with Crippen LogP contribution in [0.4, 0.5) is 0 Å². The first-order valence-electron chi connectivity index (χ1n) is 7.31. The van der Waals surface area contributed by atoms with Gasteiger partial charge in [0.15, 0.2) is 5.65 Å². The van der Waals surface area contributed by atoms with Gasteiger partial charge in [0.1, 0.15) is 5.82 Å². The molecule has 0 fully saturated rings. The van der Waals surface area contributed by atoms with E-state index in [1.165, 1.54) is 6.08 Å². The molecule has 23 heavy (non-hydrogen) atoms. The number of allylic oxidation sites excluding steroid dienone is 1. The summed E-state index contributed by atoms with van der Waals surface area (Å²) in [4.78, 5) is 21.1. The number of hydrogen-bond donors (Lipinski definition) is 1. The van der Waals surface area contributed by atoms with E-state index < -0.39 is 0 Å². The summed E-state index contributed by atoms with van der Waals surface area (Å²) in [6, 6.07) is 11.4. The number of aliphatic hydroxyl groups excluding tert-OH is 1. The van der Waals surface area contributed by atoms with Crippen molar-refractivity contribution in [3.8, 4) is 5.69 Å². The van der Waals surface area contributed by atoms with Crippen molar-refractivity contribution in [2.75, 3.05) is 0 Å². The van der Waals surface area contributed by atoms with E-state index in [2.05, 4.69) is 9.97 Å². The van der Waals surface area contributed by atoms with Gasteiger partial charge in [-0.15, -0.1) is 0 Å². The Morgan fingerprint density at radius 2 is 1.87 bits per heavy atom. The zero-order chi connectivity index (χ0) is 16.6. The fourth-order valence-corrected chi connectivity index (χ4v) is 2.68. The monoisotopic (exact) mass is 307 g/mol. The van der Waals surface area contributed by atoms with Crippen molar-refractivity contribution < 1.29 is 5.11 Å². The predicted octanol–water partition coefficient (Wildman–Crippen LogP) is 3.32. The summed E-state index contributed by atoms with van der Waals surface area (Å²) in [6.45, 7) is 5.31. The highest BCUT2D eigenvalue weighted by Gasteiger charge is 2.15. The molecule has 2 aromatic heterocycles. The van der Waals surface area contributed by atoms with Crippen LogP contribution in [0.1, 0.15) is 24.0 Å². The third-order valence-electron chi connectivity index (χ3n) is 3.55. The van der Waals surface area contributed by atoms with Crippen LogP contribution in [-0.2, 0) is 0 Å². The molecule has 0 aliphatic carbocycles. The Balaban J connectivity index is 2.54. The van der Waals surface area contributed by atoms with Crippen LogP contribution in [0.25, 0.3) is 22.8 Å². The average molecular weight is 307 g/mol. The molecule has 0 unspecified atom stereocenters. The van der Waals surface area contributed by atoms with E-state index in [1.807, 2.05) is 50.2 Å². The number of aromatic nitrogens is 3. The fraction of sp³-hybridized carbons (Fsp3) is 0.167. The smallest absolute Gasteiger partial charge is 0.283 e. The summed E-state index contributed by atoms with van der Waals surface area (Å²) < 4.78 is 1.79. The van der Waals surface area contributed by atoms with E-state index in [9.17, 15) is 9.90 Å². The maximum absolute atomic E-state index is 12.4. The lowest BCUT2D eigenvalue weighted by molar-refractivity contribution is 0.419. The lowest BCUT2D eigenvalue weighted by Crippen LogP contribution is -2.18. The van der Waals surface area contributed by atoms with E-state index in [0.29, 0.717) is 16.9 Å². The van der Waals surface area contributed by atoms with Crippen molar-refractivity contribution in [1.29, 1.82) is 0 Å². The molecule has 1 aromatic carbocycles. The average Bonchev–Trinajstić information content (AvgIpc) is 2.46. The Labute approximate surface area is 133 Å². The molecule has 5 heteroatoms. The number of aliphatic hydroxyl groups is 1. The van der Waals surface area contributed by atoms with E-state index in [0.717, 1.165) is 16.9 Å². The van der Waals surface area contributed by atoms with E-state index in [-0.39, 0.29) is 11.3 Å². The highest BCUT2D eigenvalue weighted by molar-refractivity contribution is 5.81. The first kappa shape index (κ1) is 15.0. The van der Waals surface area contributed by atoms with Gasteiger partial charge in [0, 0.05) is 17.5 Å². The molecule has 0 spiro atoms. The third kappa shape index (κ3) is 2.73. The Hall–Kier alpha value is -2.95. The van der Waals surface area contributed by atoms with Crippen LogP contribution in [0.3, 0.4) is 0 Å². The largest absolute Gasteiger partial charge is 0.512 e. The maximum Gasteiger partial charge on any atom is 0.283 e. The van der Waals surface area contributed by atoms with Crippen LogP contribution in [0.15, 0.2) is 47.0 Å². The SMILES string of the molecule is C/C(O)=C\c1nc(=O)c2c(C)cc(C)nc2n1-c1ccccc1. The van der Waals surface area contributed by atoms with Gasteiger partial charge in [0.2, 0.25) is 0 Å². The molecule has 0 aliphatic rings. The highest BCUT2D eigenvalue weighted by Crippen LogP contribution is 2.20. The van der Waals surface area contributed by atoms with Gasteiger partial charge in [-0.1, -0.05) is 18.2 Å². The summed E-state index contributed by atoms with van der Waals surface area (Å²) in [5, 5.41) is 10.1. The lowest BCUT2D eigenvalue weighted by atomic mass is 10.1. The summed E-state index contributed by atoms with van der Waals surface area (Å²) in [6.07, 6.45) is 1.47. The Morgan fingerprint density at radius 1 is 1.17 bits per heavy atom. The molecule has 2 heterocycles. The van der Waals surface area contributed by atoms with Crippen LogP contribution >= 0.6 is 0 Å². The Morgan fingerprint density at radius 3 is 2.52 bits per heavy atom. The van der Waals surface area contributed by atoms with Gasteiger partial charge in [-0.2, -0.15) is 4.98 Å². The lowest BCUT2D eigenvalue weighted by Gasteiger charge is -2.15. The fourth-order valence-electron chi connectivity index (χ4n) is 2.68. The number of pyridine rings is 1. The minimum Gasteiger partial charge on any atom is -0.512 e. The van der Waals surface area contributed by atoms with Crippen molar-refractivity contribution in [1.82, 2.24) is 14.5 Å². The van der Waals surface area contributed by atoms with Crippen molar-refractivity contribution in [3.05, 3.63) is 69.6 Å². The minimum absolute atomic E-state index is 0.0744. The molecular weight excluding hydrogens is 290 g/mol. The number of aryl methyl sites for hydroxylation is 2. The van der Waals surface area contributed by atoms with Gasteiger partial charge in [-0.25, -0.2) is 4.98 Å². The second kappa shape index (κ2) is 5.68. The van der Waals surface area contributed by atoms with Gasteiger partial charge >= 0.3 is 0 Å². The number of rotatable bonds is 2.